The van der Waals surface area contributed by atoms with Crippen LogP contribution in [0, 0.1) is 6.92 Å². The molecule has 0 aromatic heterocycles. The van der Waals surface area contributed by atoms with Crippen molar-refractivity contribution in [2.75, 3.05) is 0 Å². The summed E-state index contributed by atoms with van der Waals surface area (Å²) in [6.45, 7) is 13.7. The number of aryl methyl sites for hydroxylation is 1. The van der Waals surface area contributed by atoms with Crippen LogP contribution in [0.1, 0.15) is 57.4 Å². The summed E-state index contributed by atoms with van der Waals surface area (Å²) in [6.07, 6.45) is 2.40. The maximum Gasteiger partial charge on any atom is 0.0572 e. The van der Waals surface area contributed by atoms with Crippen molar-refractivity contribution in [2.24, 2.45) is 0 Å². The number of benzene rings is 2. The molecule has 2 aromatic carbocycles. The van der Waals surface area contributed by atoms with Crippen LogP contribution in [0.25, 0.3) is 17.2 Å². The number of fused-ring (bicyclic) bond motifs is 1. The van der Waals surface area contributed by atoms with Gasteiger partial charge in [0.05, 0.1) is 6.04 Å². The largest absolute Gasteiger partial charge is 0.288 e. The summed E-state index contributed by atoms with van der Waals surface area (Å²) >= 11 is 0. The molecule has 1 heteroatoms. The predicted molar refractivity (Wildman–Crippen MR) is 105 cm³/mol. The van der Waals surface area contributed by atoms with Crippen molar-refractivity contribution in [1.82, 2.24) is 4.90 Å². The average Bonchev–Trinajstić information content (AvgIpc) is 2.84. The summed E-state index contributed by atoms with van der Waals surface area (Å²) in [6, 6.07) is 16.9. The summed E-state index contributed by atoms with van der Waals surface area (Å²) in [7, 11) is 0. The quantitative estimate of drug-likeness (QED) is 0.645. The molecular weight excluding hydrogens is 290 g/mol. The molecule has 1 nitrogen and oxygen atoms in total. The Morgan fingerprint density at radius 2 is 1.42 bits per heavy atom. The van der Waals surface area contributed by atoms with E-state index in [1.165, 1.54) is 33.4 Å². The molecule has 0 heterocycles. The molecule has 0 bridgehead atoms. The Hall–Kier alpha value is -1.86. The van der Waals surface area contributed by atoms with E-state index < -0.39 is 0 Å². The van der Waals surface area contributed by atoms with Crippen molar-refractivity contribution in [3.05, 3.63) is 64.7 Å². The summed E-state index contributed by atoms with van der Waals surface area (Å²) in [5.74, 6) is 0. The number of nitrogens with zero attached hydrogens (tertiary/aromatic N) is 1. The normalized spacial score (nSPS) is 16.9. The van der Waals surface area contributed by atoms with Gasteiger partial charge < -0.3 is 0 Å². The van der Waals surface area contributed by atoms with Crippen LogP contribution in [0.3, 0.4) is 0 Å². The highest BCUT2D eigenvalue weighted by atomic mass is 15.2. The fourth-order valence-corrected chi connectivity index (χ4v) is 4.23. The molecule has 2 aromatic rings. The minimum atomic E-state index is 0.393. The highest BCUT2D eigenvalue weighted by Gasteiger charge is 2.32. The molecule has 24 heavy (non-hydrogen) atoms. The monoisotopic (exact) mass is 319 g/mol. The smallest absolute Gasteiger partial charge is 0.0572 e. The number of hydrogen-bond donors (Lipinski definition) is 0. The second kappa shape index (κ2) is 6.57. The van der Waals surface area contributed by atoms with Crippen LogP contribution in [-0.2, 0) is 0 Å². The van der Waals surface area contributed by atoms with Crippen LogP contribution in [0.15, 0.2) is 48.0 Å². The van der Waals surface area contributed by atoms with Crippen molar-refractivity contribution >= 4 is 6.08 Å². The van der Waals surface area contributed by atoms with Crippen molar-refractivity contribution in [1.29, 1.82) is 0 Å². The minimum absolute atomic E-state index is 0.393. The lowest BCUT2D eigenvalue weighted by atomic mass is 9.92. The molecule has 1 aliphatic carbocycles. The Morgan fingerprint density at radius 1 is 0.792 bits per heavy atom. The number of rotatable bonds is 4. The van der Waals surface area contributed by atoms with E-state index in [0.717, 1.165) is 0 Å². The van der Waals surface area contributed by atoms with Gasteiger partial charge in [-0.05, 0) is 69.4 Å². The molecule has 0 saturated heterocycles. The van der Waals surface area contributed by atoms with E-state index in [1.54, 1.807) is 0 Å². The third kappa shape index (κ3) is 2.82. The molecule has 1 unspecified atom stereocenters. The highest BCUT2D eigenvalue weighted by molar-refractivity contribution is 5.82. The molecule has 1 aliphatic rings. The minimum Gasteiger partial charge on any atom is -0.288 e. The van der Waals surface area contributed by atoms with Gasteiger partial charge in [0, 0.05) is 12.1 Å². The van der Waals surface area contributed by atoms with Gasteiger partial charge >= 0.3 is 0 Å². The van der Waals surface area contributed by atoms with E-state index in [1.807, 2.05) is 0 Å². The molecule has 0 radical (unpaired) electrons. The van der Waals surface area contributed by atoms with E-state index in [9.17, 15) is 0 Å². The molecule has 0 N–H and O–H groups in total. The standard InChI is InChI=1S/C23H29N/c1-15(2)24(16(3)4)23-18(6)14-22-20(12-9-13-21(22)23)19-11-8-7-10-17(19)5/h7-16,23H,1-6H3. The summed E-state index contributed by atoms with van der Waals surface area (Å²) < 4.78 is 0. The SMILES string of the molecule is CC1=Cc2c(-c3ccccc3C)cccc2C1N(C(C)C)C(C)C. The molecule has 0 saturated carbocycles. The van der Waals surface area contributed by atoms with Gasteiger partial charge in [0.25, 0.3) is 0 Å². The number of hydrogen-bond acceptors (Lipinski definition) is 1. The first kappa shape index (κ1) is 17.0. The zero-order chi connectivity index (χ0) is 17.4. The molecule has 0 fully saturated rings. The van der Waals surface area contributed by atoms with E-state index in [2.05, 4.69) is 95.0 Å². The molecule has 126 valence electrons. The summed E-state index contributed by atoms with van der Waals surface area (Å²) in [5, 5.41) is 0. The van der Waals surface area contributed by atoms with Crippen LogP contribution in [0.5, 0.6) is 0 Å². The lowest BCUT2D eigenvalue weighted by Gasteiger charge is -2.38. The Kier molecular flexibility index (Phi) is 4.64. The summed E-state index contributed by atoms with van der Waals surface area (Å²) in [5.41, 5.74) is 8.36. The first-order chi connectivity index (χ1) is 11.4. The Balaban J connectivity index is 2.15. The topological polar surface area (TPSA) is 3.24 Å². The van der Waals surface area contributed by atoms with Crippen molar-refractivity contribution in [3.63, 3.8) is 0 Å². The third-order valence-electron chi connectivity index (χ3n) is 5.16. The van der Waals surface area contributed by atoms with Crippen LogP contribution >= 0.6 is 0 Å². The first-order valence-corrected chi connectivity index (χ1v) is 9.06. The van der Waals surface area contributed by atoms with E-state index in [4.69, 9.17) is 0 Å². The molecule has 0 aliphatic heterocycles. The fourth-order valence-electron chi connectivity index (χ4n) is 4.23. The van der Waals surface area contributed by atoms with E-state index in [-0.39, 0.29) is 0 Å². The van der Waals surface area contributed by atoms with Gasteiger partial charge in [-0.15, -0.1) is 0 Å². The molecular formula is C23H29N. The van der Waals surface area contributed by atoms with E-state index in [0.29, 0.717) is 18.1 Å². The fraction of sp³-hybridized carbons (Fsp3) is 0.391. The van der Waals surface area contributed by atoms with Gasteiger partial charge in [0.1, 0.15) is 0 Å². The Labute approximate surface area is 147 Å². The van der Waals surface area contributed by atoms with Gasteiger partial charge in [0.2, 0.25) is 0 Å². The van der Waals surface area contributed by atoms with Gasteiger partial charge in [-0.1, -0.05) is 54.1 Å². The maximum atomic E-state index is 2.62. The molecule has 3 rings (SSSR count). The van der Waals surface area contributed by atoms with Crippen LogP contribution in [0.2, 0.25) is 0 Å². The second-order valence-electron chi connectivity index (χ2n) is 7.55. The maximum absolute atomic E-state index is 2.62. The van der Waals surface area contributed by atoms with Crippen LogP contribution < -0.4 is 0 Å². The van der Waals surface area contributed by atoms with Gasteiger partial charge in [-0.2, -0.15) is 0 Å². The van der Waals surface area contributed by atoms with Crippen molar-refractivity contribution in [3.8, 4) is 11.1 Å². The molecule has 1 atom stereocenters. The van der Waals surface area contributed by atoms with Gasteiger partial charge in [0.15, 0.2) is 0 Å². The second-order valence-corrected chi connectivity index (χ2v) is 7.55. The van der Waals surface area contributed by atoms with Crippen molar-refractivity contribution in [2.45, 2.75) is 59.7 Å². The lowest BCUT2D eigenvalue weighted by molar-refractivity contribution is 0.134. The average molecular weight is 319 g/mol. The molecule has 0 spiro atoms. The Bertz CT molecular complexity index is 759. The van der Waals surface area contributed by atoms with Crippen molar-refractivity contribution < 1.29 is 0 Å². The van der Waals surface area contributed by atoms with E-state index >= 15 is 0 Å². The lowest BCUT2D eigenvalue weighted by Crippen LogP contribution is -2.40. The zero-order valence-corrected chi connectivity index (χ0v) is 15.8. The third-order valence-corrected chi connectivity index (χ3v) is 5.16. The summed E-state index contributed by atoms with van der Waals surface area (Å²) in [4.78, 5) is 2.62. The highest BCUT2D eigenvalue weighted by Crippen LogP contribution is 2.44. The first-order valence-electron chi connectivity index (χ1n) is 9.06. The van der Waals surface area contributed by atoms with Gasteiger partial charge in [-0.3, -0.25) is 4.90 Å². The van der Waals surface area contributed by atoms with Crippen LogP contribution in [0.4, 0.5) is 0 Å². The predicted octanol–water partition coefficient (Wildman–Crippen LogP) is 6.24. The Morgan fingerprint density at radius 3 is 2.04 bits per heavy atom. The van der Waals surface area contributed by atoms with Gasteiger partial charge in [-0.25, -0.2) is 0 Å². The zero-order valence-electron chi connectivity index (χ0n) is 15.8. The molecule has 0 amide bonds. The van der Waals surface area contributed by atoms with Crippen LogP contribution in [-0.4, -0.2) is 17.0 Å².